The Kier molecular flexibility index (Phi) is 4.34. The summed E-state index contributed by atoms with van der Waals surface area (Å²) < 4.78 is 1.86. The summed E-state index contributed by atoms with van der Waals surface area (Å²) in [5, 5.41) is 7.93. The van der Waals surface area contributed by atoms with Gasteiger partial charge in [0.15, 0.2) is 0 Å². The molecule has 0 aromatic carbocycles. The van der Waals surface area contributed by atoms with E-state index in [0.29, 0.717) is 11.8 Å². The summed E-state index contributed by atoms with van der Waals surface area (Å²) in [6, 6.07) is 2.70. The van der Waals surface area contributed by atoms with Crippen LogP contribution in [-0.2, 0) is 0 Å². The van der Waals surface area contributed by atoms with Gasteiger partial charge in [0.25, 0.3) is 5.78 Å². The Bertz CT molecular complexity index is 587. The first kappa shape index (κ1) is 14.3. The zero-order valence-corrected chi connectivity index (χ0v) is 12.9. The molecule has 1 saturated heterocycles. The Hall–Kier alpha value is -1.69. The Morgan fingerprint density at radius 3 is 3.14 bits per heavy atom. The molecule has 1 aliphatic heterocycles. The van der Waals surface area contributed by atoms with Gasteiger partial charge < -0.3 is 10.2 Å². The van der Waals surface area contributed by atoms with Crippen LogP contribution in [0.4, 0.5) is 5.82 Å². The van der Waals surface area contributed by atoms with E-state index in [1.165, 1.54) is 25.7 Å². The molecule has 6 nitrogen and oxygen atoms in total. The molecule has 0 radical (unpaired) electrons. The number of hydrogen-bond donors (Lipinski definition) is 1. The van der Waals surface area contributed by atoms with Crippen molar-refractivity contribution in [3.8, 4) is 0 Å². The summed E-state index contributed by atoms with van der Waals surface area (Å²) in [6.45, 7) is 7.46. The van der Waals surface area contributed by atoms with Crippen molar-refractivity contribution in [1.82, 2.24) is 24.9 Å². The van der Waals surface area contributed by atoms with E-state index in [-0.39, 0.29) is 0 Å². The first-order valence-electron chi connectivity index (χ1n) is 7.93. The van der Waals surface area contributed by atoms with Crippen LogP contribution < -0.4 is 10.2 Å². The lowest BCUT2D eigenvalue weighted by atomic mass is 10.2. The molecule has 21 heavy (non-hydrogen) atoms. The molecule has 1 unspecified atom stereocenters. The molecule has 114 valence electrons. The summed E-state index contributed by atoms with van der Waals surface area (Å²) in [6.07, 6.45) is 6.49. The Balaban J connectivity index is 1.90. The van der Waals surface area contributed by atoms with Crippen molar-refractivity contribution in [2.24, 2.45) is 0 Å². The van der Waals surface area contributed by atoms with E-state index < -0.39 is 0 Å². The fraction of sp³-hybridized carbons (Fsp3) is 0.667. The third-order valence-electron chi connectivity index (χ3n) is 4.07. The Morgan fingerprint density at radius 2 is 2.38 bits per heavy atom. The lowest BCUT2D eigenvalue weighted by molar-refractivity contribution is 0.565. The van der Waals surface area contributed by atoms with Gasteiger partial charge in [0, 0.05) is 30.9 Å². The number of anilines is 1. The zero-order chi connectivity index (χ0) is 14.7. The van der Waals surface area contributed by atoms with Gasteiger partial charge in [-0.15, -0.1) is 0 Å². The van der Waals surface area contributed by atoms with E-state index >= 15 is 0 Å². The van der Waals surface area contributed by atoms with Crippen LogP contribution in [0.15, 0.2) is 12.4 Å². The van der Waals surface area contributed by atoms with Gasteiger partial charge in [-0.3, -0.25) is 0 Å². The van der Waals surface area contributed by atoms with Crippen molar-refractivity contribution in [2.45, 2.75) is 45.6 Å². The first-order chi connectivity index (χ1) is 10.3. The van der Waals surface area contributed by atoms with Crippen molar-refractivity contribution in [3.63, 3.8) is 0 Å². The number of aromatic nitrogens is 4. The van der Waals surface area contributed by atoms with Crippen molar-refractivity contribution >= 4 is 11.6 Å². The molecule has 0 aliphatic carbocycles. The normalized spacial score (nSPS) is 18.5. The van der Waals surface area contributed by atoms with E-state index in [1.54, 1.807) is 6.33 Å². The molecular formula is C15H24N6. The van der Waals surface area contributed by atoms with Gasteiger partial charge in [-0.1, -0.05) is 13.3 Å². The Morgan fingerprint density at radius 1 is 1.48 bits per heavy atom. The number of rotatable bonds is 6. The quantitative estimate of drug-likeness (QED) is 0.878. The van der Waals surface area contributed by atoms with Crippen LogP contribution in [0, 0.1) is 6.92 Å². The van der Waals surface area contributed by atoms with Gasteiger partial charge >= 0.3 is 0 Å². The van der Waals surface area contributed by atoms with Crippen LogP contribution >= 0.6 is 0 Å². The molecular weight excluding hydrogens is 264 g/mol. The standard InChI is InChI=1S/C15H24N6/c1-3-4-8-20(10-13-6-5-7-16-13)14-9-12(2)19-15-17-11-18-21(14)15/h9,11,13,16H,3-8,10H2,1-2H3. The summed E-state index contributed by atoms with van der Waals surface area (Å²) in [7, 11) is 0. The van der Waals surface area contributed by atoms with E-state index in [0.717, 1.165) is 31.1 Å². The molecule has 1 atom stereocenters. The molecule has 0 saturated carbocycles. The minimum absolute atomic E-state index is 0.578. The van der Waals surface area contributed by atoms with Crippen LogP contribution in [0.1, 0.15) is 38.3 Å². The van der Waals surface area contributed by atoms with Crippen LogP contribution in [0.3, 0.4) is 0 Å². The maximum atomic E-state index is 4.44. The highest BCUT2D eigenvalue weighted by atomic mass is 15.4. The van der Waals surface area contributed by atoms with Gasteiger partial charge in [-0.2, -0.15) is 14.6 Å². The van der Waals surface area contributed by atoms with Crippen molar-refractivity contribution < 1.29 is 0 Å². The summed E-state index contributed by atoms with van der Waals surface area (Å²) in [4.78, 5) is 11.1. The second kappa shape index (κ2) is 6.39. The maximum absolute atomic E-state index is 4.44. The molecule has 0 bridgehead atoms. The van der Waals surface area contributed by atoms with Gasteiger partial charge in [0.2, 0.25) is 0 Å². The third kappa shape index (κ3) is 3.15. The van der Waals surface area contributed by atoms with Crippen LogP contribution in [0.2, 0.25) is 0 Å². The average Bonchev–Trinajstić information content (AvgIpc) is 3.13. The first-order valence-corrected chi connectivity index (χ1v) is 7.93. The second-order valence-corrected chi connectivity index (χ2v) is 5.82. The molecule has 1 fully saturated rings. The van der Waals surface area contributed by atoms with E-state index in [4.69, 9.17) is 0 Å². The SMILES string of the molecule is CCCCN(CC1CCCN1)c1cc(C)nc2ncnn12. The van der Waals surface area contributed by atoms with Crippen LogP contribution in [0.5, 0.6) is 0 Å². The Labute approximate surface area is 125 Å². The number of hydrogen-bond acceptors (Lipinski definition) is 5. The average molecular weight is 288 g/mol. The minimum atomic E-state index is 0.578. The molecule has 0 spiro atoms. The summed E-state index contributed by atoms with van der Waals surface area (Å²) >= 11 is 0. The van der Waals surface area contributed by atoms with Gasteiger partial charge in [-0.05, 0) is 32.7 Å². The predicted molar refractivity (Wildman–Crippen MR) is 83.7 cm³/mol. The van der Waals surface area contributed by atoms with Crippen molar-refractivity contribution in [2.75, 3.05) is 24.5 Å². The number of fused-ring (bicyclic) bond motifs is 1. The highest BCUT2D eigenvalue weighted by molar-refractivity contribution is 5.47. The van der Waals surface area contributed by atoms with Gasteiger partial charge in [0.1, 0.15) is 12.1 Å². The topological polar surface area (TPSA) is 58.3 Å². The number of unbranched alkanes of at least 4 members (excludes halogenated alkanes) is 1. The molecule has 1 N–H and O–H groups in total. The molecule has 6 heteroatoms. The van der Waals surface area contributed by atoms with Gasteiger partial charge in [-0.25, -0.2) is 4.98 Å². The molecule has 3 heterocycles. The monoisotopic (exact) mass is 288 g/mol. The summed E-state index contributed by atoms with van der Waals surface area (Å²) in [5.74, 6) is 1.79. The number of nitrogens with zero attached hydrogens (tertiary/aromatic N) is 5. The summed E-state index contributed by atoms with van der Waals surface area (Å²) in [5.41, 5.74) is 0.992. The fourth-order valence-corrected chi connectivity index (χ4v) is 2.96. The molecule has 2 aromatic heterocycles. The minimum Gasteiger partial charge on any atom is -0.355 e. The van der Waals surface area contributed by atoms with E-state index in [2.05, 4.69) is 38.3 Å². The van der Waals surface area contributed by atoms with E-state index in [1.807, 2.05) is 11.4 Å². The smallest absolute Gasteiger partial charge is 0.254 e. The van der Waals surface area contributed by atoms with Crippen molar-refractivity contribution in [1.29, 1.82) is 0 Å². The van der Waals surface area contributed by atoms with Crippen LogP contribution in [-0.4, -0.2) is 45.3 Å². The molecule has 3 rings (SSSR count). The second-order valence-electron chi connectivity index (χ2n) is 5.82. The van der Waals surface area contributed by atoms with Crippen molar-refractivity contribution in [3.05, 3.63) is 18.1 Å². The third-order valence-corrected chi connectivity index (χ3v) is 4.07. The number of aryl methyl sites for hydroxylation is 1. The van der Waals surface area contributed by atoms with E-state index in [9.17, 15) is 0 Å². The highest BCUT2D eigenvalue weighted by Crippen LogP contribution is 2.19. The molecule has 0 amide bonds. The number of nitrogens with one attached hydrogen (secondary N) is 1. The van der Waals surface area contributed by atoms with Crippen LogP contribution in [0.25, 0.3) is 5.78 Å². The lowest BCUT2D eigenvalue weighted by Crippen LogP contribution is -2.39. The largest absolute Gasteiger partial charge is 0.355 e. The fourth-order valence-electron chi connectivity index (χ4n) is 2.96. The zero-order valence-electron chi connectivity index (χ0n) is 12.9. The predicted octanol–water partition coefficient (Wildman–Crippen LogP) is 1.79. The maximum Gasteiger partial charge on any atom is 0.254 e. The highest BCUT2D eigenvalue weighted by Gasteiger charge is 2.20. The molecule has 1 aliphatic rings. The molecule has 2 aromatic rings. The lowest BCUT2D eigenvalue weighted by Gasteiger charge is -2.28. The van der Waals surface area contributed by atoms with Gasteiger partial charge in [0.05, 0.1) is 0 Å².